The molecule has 0 bridgehead atoms. The predicted octanol–water partition coefficient (Wildman–Crippen LogP) is 6.59. The van der Waals surface area contributed by atoms with E-state index in [1.165, 1.54) is 49.7 Å². The van der Waals surface area contributed by atoms with E-state index in [-0.39, 0.29) is 5.41 Å². The van der Waals surface area contributed by atoms with Crippen LogP contribution >= 0.6 is 0 Å². The van der Waals surface area contributed by atoms with Crippen molar-refractivity contribution in [1.82, 2.24) is 4.98 Å². The van der Waals surface area contributed by atoms with E-state index in [1.54, 1.807) is 11.1 Å². The predicted molar refractivity (Wildman–Crippen MR) is 108 cm³/mol. The van der Waals surface area contributed by atoms with Crippen LogP contribution in [0.4, 0.5) is 0 Å². The molecule has 0 saturated heterocycles. The Bertz CT molecular complexity index is 814. The van der Waals surface area contributed by atoms with Crippen molar-refractivity contribution < 1.29 is 0 Å². The Kier molecular flexibility index (Phi) is 3.61. The highest BCUT2D eigenvalue weighted by atomic mass is 14.6. The quantitative estimate of drug-likeness (QED) is 0.523. The zero-order valence-corrected chi connectivity index (χ0v) is 16.5. The van der Waals surface area contributed by atoms with Gasteiger partial charge >= 0.3 is 0 Å². The van der Waals surface area contributed by atoms with Crippen LogP contribution in [0.3, 0.4) is 0 Å². The fraction of sp³-hybridized carbons (Fsp3) is 0.560. The molecule has 0 amide bonds. The lowest BCUT2D eigenvalue weighted by molar-refractivity contribution is 0.0682. The summed E-state index contributed by atoms with van der Waals surface area (Å²) in [7, 11) is 0. The standard InChI is InChI=1S/C25H31N/c1-17-10-12-24(2)19(15-17)6-7-20-22-9-8-21(18-5-4-14-26-16-18)25(22,3)13-11-23(20)24/h4-6,8-9,14,16-17,20,23H,7,10-13,15H2,1-3H3/t17-,20+,23+,24+,25-/m1/s1. The highest BCUT2D eigenvalue weighted by Crippen LogP contribution is 2.65. The topological polar surface area (TPSA) is 12.9 Å². The lowest BCUT2D eigenvalue weighted by Gasteiger charge is -2.56. The molecule has 4 aliphatic rings. The third-order valence-electron chi connectivity index (χ3n) is 8.37. The Morgan fingerprint density at radius 3 is 2.81 bits per heavy atom. The van der Waals surface area contributed by atoms with Crippen LogP contribution < -0.4 is 0 Å². The molecule has 0 radical (unpaired) electrons. The molecular formula is C25H31N. The van der Waals surface area contributed by atoms with Gasteiger partial charge in [-0.25, -0.2) is 0 Å². The summed E-state index contributed by atoms with van der Waals surface area (Å²) < 4.78 is 0. The number of aromatic nitrogens is 1. The van der Waals surface area contributed by atoms with Crippen molar-refractivity contribution in [3.63, 3.8) is 0 Å². The molecule has 0 spiro atoms. The van der Waals surface area contributed by atoms with E-state index in [2.05, 4.69) is 56.1 Å². The summed E-state index contributed by atoms with van der Waals surface area (Å²) in [6.07, 6.45) is 19.5. The van der Waals surface area contributed by atoms with E-state index < -0.39 is 0 Å². The first-order valence-corrected chi connectivity index (χ1v) is 10.5. The van der Waals surface area contributed by atoms with Crippen molar-refractivity contribution in [3.8, 4) is 0 Å². The molecule has 2 saturated carbocycles. The molecule has 1 aromatic rings. The van der Waals surface area contributed by atoms with Crippen LogP contribution in [0.1, 0.15) is 64.9 Å². The van der Waals surface area contributed by atoms with Gasteiger partial charge in [0.25, 0.3) is 0 Å². The molecule has 0 unspecified atom stereocenters. The van der Waals surface area contributed by atoms with Gasteiger partial charge in [0, 0.05) is 17.8 Å². The van der Waals surface area contributed by atoms with Crippen LogP contribution in [0, 0.1) is 28.6 Å². The van der Waals surface area contributed by atoms with Crippen molar-refractivity contribution >= 4 is 5.57 Å². The maximum Gasteiger partial charge on any atom is 0.0343 e. The Balaban J connectivity index is 1.50. The fourth-order valence-corrected chi connectivity index (χ4v) is 6.79. The molecule has 1 aromatic heterocycles. The van der Waals surface area contributed by atoms with Crippen molar-refractivity contribution in [1.29, 1.82) is 0 Å². The first-order chi connectivity index (χ1) is 12.5. The number of pyridine rings is 1. The number of allylic oxidation sites excluding steroid dienone is 6. The summed E-state index contributed by atoms with van der Waals surface area (Å²) in [5.41, 5.74) is 6.98. The smallest absolute Gasteiger partial charge is 0.0343 e. The molecule has 0 aliphatic heterocycles. The summed E-state index contributed by atoms with van der Waals surface area (Å²) in [6.45, 7) is 7.52. The van der Waals surface area contributed by atoms with Crippen LogP contribution in [0.5, 0.6) is 0 Å². The minimum atomic E-state index is 0.216. The van der Waals surface area contributed by atoms with Crippen LogP contribution in [-0.4, -0.2) is 4.98 Å². The molecule has 136 valence electrons. The molecule has 2 fully saturated rings. The summed E-state index contributed by atoms with van der Waals surface area (Å²) in [5, 5.41) is 0. The van der Waals surface area contributed by atoms with Gasteiger partial charge in [-0.3, -0.25) is 4.98 Å². The maximum absolute atomic E-state index is 4.38. The minimum Gasteiger partial charge on any atom is -0.264 e. The van der Waals surface area contributed by atoms with Gasteiger partial charge in [0.1, 0.15) is 0 Å². The summed E-state index contributed by atoms with van der Waals surface area (Å²) in [5.74, 6) is 2.46. The highest BCUT2D eigenvalue weighted by Gasteiger charge is 2.53. The van der Waals surface area contributed by atoms with E-state index in [0.717, 1.165) is 17.8 Å². The molecule has 5 rings (SSSR count). The molecule has 1 heteroatoms. The van der Waals surface area contributed by atoms with Crippen LogP contribution in [0.2, 0.25) is 0 Å². The van der Waals surface area contributed by atoms with Crippen molar-refractivity contribution in [2.45, 2.75) is 59.3 Å². The van der Waals surface area contributed by atoms with E-state index in [4.69, 9.17) is 0 Å². The number of fused-ring (bicyclic) bond motifs is 5. The summed E-state index contributed by atoms with van der Waals surface area (Å²) in [6, 6.07) is 4.30. The van der Waals surface area contributed by atoms with E-state index in [1.807, 2.05) is 12.4 Å². The van der Waals surface area contributed by atoms with Crippen LogP contribution in [0.15, 0.2) is 53.9 Å². The van der Waals surface area contributed by atoms with Gasteiger partial charge in [-0.15, -0.1) is 0 Å². The lowest BCUT2D eigenvalue weighted by atomic mass is 9.48. The van der Waals surface area contributed by atoms with Crippen molar-refractivity contribution in [2.75, 3.05) is 0 Å². The number of hydrogen-bond donors (Lipinski definition) is 0. The minimum absolute atomic E-state index is 0.216. The van der Waals surface area contributed by atoms with Gasteiger partial charge in [-0.2, -0.15) is 0 Å². The molecule has 0 aromatic carbocycles. The molecule has 26 heavy (non-hydrogen) atoms. The number of nitrogens with zero attached hydrogens (tertiary/aromatic N) is 1. The van der Waals surface area contributed by atoms with Crippen LogP contribution in [-0.2, 0) is 0 Å². The normalized spacial score (nSPS) is 41.3. The first-order valence-electron chi connectivity index (χ1n) is 10.5. The van der Waals surface area contributed by atoms with Gasteiger partial charge in [0.15, 0.2) is 0 Å². The number of hydrogen-bond acceptors (Lipinski definition) is 1. The Labute approximate surface area is 158 Å². The second-order valence-electron chi connectivity index (χ2n) is 9.76. The lowest BCUT2D eigenvalue weighted by Crippen LogP contribution is -2.46. The Morgan fingerprint density at radius 1 is 1.12 bits per heavy atom. The maximum atomic E-state index is 4.38. The molecule has 0 N–H and O–H groups in total. The Hall–Kier alpha value is -1.63. The molecule has 4 aliphatic carbocycles. The fourth-order valence-electron chi connectivity index (χ4n) is 6.79. The summed E-state index contributed by atoms with van der Waals surface area (Å²) >= 11 is 0. The molecular weight excluding hydrogens is 314 g/mol. The second-order valence-corrected chi connectivity index (χ2v) is 9.76. The molecule has 1 nitrogen and oxygen atoms in total. The average molecular weight is 346 g/mol. The zero-order chi connectivity index (χ0) is 17.9. The van der Waals surface area contributed by atoms with Gasteiger partial charge in [-0.05, 0) is 78.9 Å². The molecule has 1 heterocycles. The van der Waals surface area contributed by atoms with E-state index >= 15 is 0 Å². The largest absolute Gasteiger partial charge is 0.264 e. The zero-order valence-electron chi connectivity index (χ0n) is 16.5. The van der Waals surface area contributed by atoms with Gasteiger partial charge in [-0.1, -0.05) is 56.2 Å². The molecule has 5 atom stereocenters. The van der Waals surface area contributed by atoms with Gasteiger partial charge in [0.2, 0.25) is 0 Å². The third kappa shape index (κ3) is 2.19. The third-order valence-corrected chi connectivity index (χ3v) is 8.37. The first kappa shape index (κ1) is 16.5. The van der Waals surface area contributed by atoms with E-state index in [0.29, 0.717) is 5.41 Å². The second kappa shape index (κ2) is 5.68. The van der Waals surface area contributed by atoms with Gasteiger partial charge < -0.3 is 0 Å². The number of rotatable bonds is 1. The summed E-state index contributed by atoms with van der Waals surface area (Å²) in [4.78, 5) is 4.38. The van der Waals surface area contributed by atoms with Gasteiger partial charge in [0.05, 0.1) is 0 Å². The van der Waals surface area contributed by atoms with Crippen molar-refractivity contribution in [3.05, 3.63) is 59.5 Å². The monoisotopic (exact) mass is 345 g/mol. The highest BCUT2D eigenvalue weighted by molar-refractivity contribution is 5.78. The van der Waals surface area contributed by atoms with E-state index in [9.17, 15) is 0 Å². The SMILES string of the molecule is C[C@@H]1CC[C@@]2(C)C(=CC[C@H]3C4=CC=C(c5cccnc5)[C@@]4(C)CC[C@@H]32)C1. The van der Waals surface area contributed by atoms with Crippen molar-refractivity contribution in [2.24, 2.45) is 28.6 Å². The average Bonchev–Trinajstić information content (AvgIpc) is 3.00. The van der Waals surface area contributed by atoms with Crippen LogP contribution in [0.25, 0.3) is 5.57 Å². The Morgan fingerprint density at radius 2 is 2.00 bits per heavy atom.